The largest absolute Gasteiger partial charge is 0.454 e. The van der Waals surface area contributed by atoms with Crippen molar-refractivity contribution in [3.05, 3.63) is 23.8 Å². The Hall–Kier alpha value is -1.26. The Bertz CT molecular complexity index is 404. The van der Waals surface area contributed by atoms with E-state index in [2.05, 4.69) is 6.92 Å². The van der Waals surface area contributed by atoms with Crippen molar-refractivity contribution < 1.29 is 18.9 Å². The number of ether oxygens (including phenoxy) is 4. The fourth-order valence-electron chi connectivity index (χ4n) is 2.07. The average molecular weight is 236 g/mol. The summed E-state index contributed by atoms with van der Waals surface area (Å²) >= 11 is 0. The van der Waals surface area contributed by atoms with Crippen LogP contribution in [0.5, 0.6) is 11.5 Å². The predicted molar refractivity (Wildman–Crippen MR) is 60.9 cm³/mol. The fraction of sp³-hybridized carbons (Fsp3) is 0.538. The van der Waals surface area contributed by atoms with Gasteiger partial charge in [-0.25, -0.2) is 0 Å². The molecule has 1 saturated heterocycles. The first kappa shape index (κ1) is 10.9. The summed E-state index contributed by atoms with van der Waals surface area (Å²) in [5.74, 6) is 2.20. The Morgan fingerprint density at radius 1 is 1.29 bits per heavy atom. The molecule has 1 unspecified atom stereocenters. The third-order valence-corrected chi connectivity index (χ3v) is 3.03. The van der Waals surface area contributed by atoms with E-state index < -0.39 is 0 Å². The Balaban J connectivity index is 1.58. The van der Waals surface area contributed by atoms with Gasteiger partial charge in [-0.3, -0.25) is 0 Å². The molecule has 0 spiro atoms. The van der Waals surface area contributed by atoms with E-state index in [1.807, 2.05) is 18.2 Å². The number of benzene rings is 1. The zero-order valence-corrected chi connectivity index (χ0v) is 9.85. The summed E-state index contributed by atoms with van der Waals surface area (Å²) in [6, 6.07) is 5.87. The molecular formula is C13H16O4. The maximum Gasteiger partial charge on any atom is 0.231 e. The van der Waals surface area contributed by atoms with Gasteiger partial charge in [0, 0.05) is 6.42 Å². The van der Waals surface area contributed by atoms with Crippen LogP contribution in [-0.4, -0.2) is 19.7 Å². The average Bonchev–Trinajstić information content (AvgIpc) is 2.94. The van der Waals surface area contributed by atoms with Crippen LogP contribution in [0.4, 0.5) is 0 Å². The lowest BCUT2D eigenvalue weighted by Crippen LogP contribution is -2.10. The zero-order valence-electron chi connectivity index (χ0n) is 9.85. The lowest BCUT2D eigenvalue weighted by molar-refractivity contribution is -0.118. The van der Waals surface area contributed by atoms with E-state index in [4.69, 9.17) is 18.9 Å². The molecule has 17 heavy (non-hydrogen) atoms. The lowest BCUT2D eigenvalue weighted by atomic mass is 10.1. The van der Waals surface area contributed by atoms with Crippen molar-refractivity contribution in [1.29, 1.82) is 0 Å². The quantitative estimate of drug-likeness (QED) is 0.807. The summed E-state index contributed by atoms with van der Waals surface area (Å²) in [5.41, 5.74) is 1.08. The molecule has 0 aliphatic carbocycles. The third-order valence-electron chi connectivity index (χ3n) is 3.03. The van der Waals surface area contributed by atoms with Gasteiger partial charge in [-0.05, 0) is 23.6 Å². The molecule has 4 nitrogen and oxygen atoms in total. The highest BCUT2D eigenvalue weighted by atomic mass is 16.7. The molecule has 2 aliphatic rings. The van der Waals surface area contributed by atoms with Gasteiger partial charge >= 0.3 is 0 Å². The van der Waals surface area contributed by atoms with Crippen LogP contribution in [0.3, 0.4) is 0 Å². The van der Waals surface area contributed by atoms with Crippen LogP contribution in [0, 0.1) is 5.92 Å². The molecule has 0 bridgehead atoms. The first-order valence-corrected chi connectivity index (χ1v) is 5.93. The highest BCUT2D eigenvalue weighted by molar-refractivity contribution is 5.44. The first-order valence-electron chi connectivity index (χ1n) is 5.93. The number of rotatable bonds is 3. The van der Waals surface area contributed by atoms with Crippen molar-refractivity contribution in [2.75, 3.05) is 13.4 Å². The minimum atomic E-state index is -0.0598. The Kier molecular flexibility index (Phi) is 2.91. The molecule has 3 rings (SSSR count). The second-order valence-corrected chi connectivity index (χ2v) is 4.60. The highest BCUT2D eigenvalue weighted by Crippen LogP contribution is 2.33. The summed E-state index contributed by atoms with van der Waals surface area (Å²) in [4.78, 5) is 0. The van der Waals surface area contributed by atoms with Gasteiger partial charge < -0.3 is 18.9 Å². The van der Waals surface area contributed by atoms with E-state index in [0.29, 0.717) is 19.3 Å². The molecule has 0 N–H and O–H groups in total. The van der Waals surface area contributed by atoms with Crippen molar-refractivity contribution in [2.24, 2.45) is 5.92 Å². The molecule has 1 fully saturated rings. The summed E-state index contributed by atoms with van der Waals surface area (Å²) in [7, 11) is 0. The fourth-order valence-corrected chi connectivity index (χ4v) is 2.07. The lowest BCUT2D eigenvalue weighted by Gasteiger charge is -2.11. The van der Waals surface area contributed by atoms with E-state index >= 15 is 0 Å². The zero-order chi connectivity index (χ0) is 11.7. The summed E-state index contributed by atoms with van der Waals surface area (Å²) in [6.45, 7) is 3.83. The number of hydrogen-bond acceptors (Lipinski definition) is 4. The molecule has 0 aromatic heterocycles. The highest BCUT2D eigenvalue weighted by Gasteiger charge is 2.22. The van der Waals surface area contributed by atoms with E-state index in [-0.39, 0.29) is 6.29 Å². The summed E-state index contributed by atoms with van der Waals surface area (Å²) < 4.78 is 21.8. The van der Waals surface area contributed by atoms with Gasteiger partial charge in [-0.2, -0.15) is 0 Å². The second-order valence-electron chi connectivity index (χ2n) is 4.60. The second kappa shape index (κ2) is 4.55. The van der Waals surface area contributed by atoms with Crippen LogP contribution in [0.15, 0.2) is 18.2 Å². The minimum Gasteiger partial charge on any atom is -0.454 e. The molecule has 0 amide bonds. The first-order chi connectivity index (χ1) is 8.31. The molecule has 2 heterocycles. The van der Waals surface area contributed by atoms with Crippen molar-refractivity contribution in [3.63, 3.8) is 0 Å². The monoisotopic (exact) mass is 236 g/mol. The number of hydrogen-bond donors (Lipinski definition) is 0. The topological polar surface area (TPSA) is 36.9 Å². The van der Waals surface area contributed by atoms with Gasteiger partial charge in [0.25, 0.3) is 0 Å². The van der Waals surface area contributed by atoms with E-state index in [1.165, 1.54) is 0 Å². The van der Waals surface area contributed by atoms with Crippen LogP contribution in [0.25, 0.3) is 0 Å². The van der Waals surface area contributed by atoms with E-state index in [1.54, 1.807) is 0 Å². The molecule has 2 aliphatic heterocycles. The maximum absolute atomic E-state index is 5.70. The number of fused-ring (bicyclic) bond motifs is 1. The van der Waals surface area contributed by atoms with E-state index in [0.717, 1.165) is 30.1 Å². The molecule has 0 saturated carbocycles. The Morgan fingerprint density at radius 3 is 3.00 bits per heavy atom. The molecule has 4 heteroatoms. The summed E-state index contributed by atoms with van der Waals surface area (Å²) in [6.07, 6.45) is 0.917. The van der Waals surface area contributed by atoms with Gasteiger partial charge in [0.15, 0.2) is 17.8 Å². The maximum atomic E-state index is 5.70. The van der Waals surface area contributed by atoms with Gasteiger partial charge in [-0.15, -0.1) is 0 Å². The smallest absolute Gasteiger partial charge is 0.231 e. The summed E-state index contributed by atoms with van der Waals surface area (Å²) in [5, 5.41) is 0. The Morgan fingerprint density at radius 2 is 2.18 bits per heavy atom. The molecule has 92 valence electrons. The van der Waals surface area contributed by atoms with Crippen molar-refractivity contribution in [2.45, 2.75) is 26.2 Å². The predicted octanol–water partition coefficient (Wildman–Crippen LogP) is 2.31. The van der Waals surface area contributed by atoms with Crippen molar-refractivity contribution >= 4 is 0 Å². The normalized spacial score (nSPS) is 26.4. The van der Waals surface area contributed by atoms with Gasteiger partial charge in [-0.1, -0.05) is 13.0 Å². The van der Waals surface area contributed by atoms with Crippen molar-refractivity contribution in [3.8, 4) is 11.5 Å². The molecule has 1 aromatic rings. The van der Waals surface area contributed by atoms with Crippen molar-refractivity contribution in [1.82, 2.24) is 0 Å². The van der Waals surface area contributed by atoms with Gasteiger partial charge in [0.1, 0.15) is 0 Å². The Labute approximate surface area is 100 Å². The van der Waals surface area contributed by atoms with Crippen LogP contribution in [0.2, 0.25) is 0 Å². The SMILES string of the molecule is C[C@H]1COC(OCc2ccc3c(c2)OCO3)C1. The molecule has 0 radical (unpaired) electrons. The van der Waals surface area contributed by atoms with E-state index in [9.17, 15) is 0 Å². The molecular weight excluding hydrogens is 220 g/mol. The standard InChI is InChI=1S/C13H16O4/c1-9-4-13(14-6-9)15-7-10-2-3-11-12(5-10)17-8-16-11/h2-3,5,9,13H,4,6-8H2,1H3/t9-,13?/m1/s1. The van der Waals surface area contributed by atoms with Crippen LogP contribution < -0.4 is 9.47 Å². The van der Waals surface area contributed by atoms with Gasteiger partial charge in [0.2, 0.25) is 6.79 Å². The minimum absolute atomic E-state index is 0.0598. The van der Waals surface area contributed by atoms with Crippen LogP contribution in [-0.2, 0) is 16.1 Å². The molecule has 1 aromatic carbocycles. The van der Waals surface area contributed by atoms with Gasteiger partial charge in [0.05, 0.1) is 13.2 Å². The molecule has 2 atom stereocenters. The van der Waals surface area contributed by atoms with Crippen LogP contribution >= 0.6 is 0 Å². The van der Waals surface area contributed by atoms with Crippen LogP contribution in [0.1, 0.15) is 18.9 Å². The third kappa shape index (κ3) is 2.37.